The Morgan fingerprint density at radius 2 is 1.25 bits per heavy atom. The summed E-state index contributed by atoms with van der Waals surface area (Å²) in [6.07, 6.45) is -0.748. The fourth-order valence-electron chi connectivity index (χ4n) is 5.03. The molecule has 4 aromatic carbocycles. The van der Waals surface area contributed by atoms with E-state index >= 15 is 0 Å². The van der Waals surface area contributed by atoms with Crippen LogP contribution in [0.3, 0.4) is 0 Å². The summed E-state index contributed by atoms with van der Waals surface area (Å²) >= 11 is 0. The van der Waals surface area contributed by atoms with Gasteiger partial charge >= 0.3 is 0 Å². The molecule has 4 aromatic rings. The molecule has 4 atom stereocenters. The highest BCUT2D eigenvalue weighted by atomic mass is 16.3. The number of hydrogen-bond acceptors (Lipinski definition) is 4. The average Bonchev–Trinajstić information content (AvgIpc) is 2.73. The zero-order valence-corrected chi connectivity index (χ0v) is 14.9. The van der Waals surface area contributed by atoms with Crippen molar-refractivity contribution < 1.29 is 20.4 Å². The van der Waals surface area contributed by atoms with Gasteiger partial charge in [-0.1, -0.05) is 54.6 Å². The second-order valence-corrected chi connectivity index (χ2v) is 7.72. The van der Waals surface area contributed by atoms with Gasteiger partial charge in [0, 0.05) is 0 Å². The molecule has 0 fully saturated rings. The van der Waals surface area contributed by atoms with Gasteiger partial charge in [-0.05, 0) is 60.6 Å². The summed E-state index contributed by atoms with van der Waals surface area (Å²) in [5.41, 5.74) is 2.74. The summed E-state index contributed by atoms with van der Waals surface area (Å²) in [4.78, 5) is 0. The lowest BCUT2D eigenvalue weighted by Gasteiger charge is -2.32. The monoisotopic (exact) mass is 370 g/mol. The SMILES string of the molecule is O[C@@H]1C=Cc2c(cc3c4c5c(cccc5c5ccccc5c24)[C@H](O)[C@H]3O)[C@H]1O. The minimum Gasteiger partial charge on any atom is -0.386 e. The zero-order chi connectivity index (χ0) is 19.2. The minimum absolute atomic E-state index is 0.577. The van der Waals surface area contributed by atoms with Crippen molar-refractivity contribution in [3.05, 3.63) is 76.9 Å². The van der Waals surface area contributed by atoms with Crippen LogP contribution in [0.15, 0.2) is 54.6 Å². The van der Waals surface area contributed by atoms with Crippen molar-refractivity contribution in [1.82, 2.24) is 0 Å². The van der Waals surface area contributed by atoms with E-state index in [4.69, 9.17) is 0 Å². The highest BCUT2D eigenvalue weighted by molar-refractivity contribution is 6.29. The van der Waals surface area contributed by atoms with Gasteiger partial charge in [-0.2, -0.15) is 0 Å². The van der Waals surface area contributed by atoms with E-state index in [2.05, 4.69) is 6.07 Å². The highest BCUT2D eigenvalue weighted by Gasteiger charge is 2.34. The maximum Gasteiger partial charge on any atom is 0.110 e. The summed E-state index contributed by atoms with van der Waals surface area (Å²) in [7, 11) is 0. The second kappa shape index (κ2) is 5.40. The normalized spacial score (nSPS) is 25.7. The first-order chi connectivity index (χ1) is 13.6. The molecule has 0 saturated carbocycles. The van der Waals surface area contributed by atoms with E-state index < -0.39 is 24.4 Å². The lowest BCUT2D eigenvalue weighted by molar-refractivity contribution is 0.0172. The first-order valence-electron chi connectivity index (χ1n) is 9.42. The molecule has 4 nitrogen and oxygen atoms in total. The molecule has 6 rings (SSSR count). The third-order valence-corrected chi connectivity index (χ3v) is 6.30. The Morgan fingerprint density at radius 1 is 0.571 bits per heavy atom. The van der Waals surface area contributed by atoms with Crippen molar-refractivity contribution in [2.24, 2.45) is 0 Å². The van der Waals surface area contributed by atoms with Crippen LogP contribution in [0.2, 0.25) is 0 Å². The largest absolute Gasteiger partial charge is 0.386 e. The number of benzene rings is 4. The maximum absolute atomic E-state index is 10.9. The molecule has 0 amide bonds. The Hall–Kier alpha value is -2.76. The number of hydrogen-bond donors (Lipinski definition) is 4. The molecule has 0 aliphatic heterocycles. The molecule has 0 unspecified atom stereocenters. The van der Waals surface area contributed by atoms with Crippen LogP contribution in [0.4, 0.5) is 0 Å². The number of rotatable bonds is 0. The lowest BCUT2D eigenvalue weighted by atomic mass is 9.76. The highest BCUT2D eigenvalue weighted by Crippen LogP contribution is 2.51. The molecular formula is C24H18O4. The van der Waals surface area contributed by atoms with Crippen molar-refractivity contribution in [3.8, 4) is 0 Å². The number of aliphatic hydroxyl groups excluding tert-OH is 4. The van der Waals surface area contributed by atoms with Crippen LogP contribution in [0, 0.1) is 0 Å². The van der Waals surface area contributed by atoms with Crippen molar-refractivity contribution in [2.75, 3.05) is 0 Å². The molecule has 138 valence electrons. The van der Waals surface area contributed by atoms with E-state index in [9.17, 15) is 20.4 Å². The third-order valence-electron chi connectivity index (χ3n) is 6.30. The lowest BCUT2D eigenvalue weighted by Crippen LogP contribution is -2.22. The van der Waals surface area contributed by atoms with E-state index in [0.29, 0.717) is 16.7 Å². The van der Waals surface area contributed by atoms with Crippen molar-refractivity contribution in [3.63, 3.8) is 0 Å². The molecule has 0 saturated heterocycles. The van der Waals surface area contributed by atoms with E-state index in [-0.39, 0.29) is 0 Å². The van der Waals surface area contributed by atoms with Crippen LogP contribution >= 0.6 is 0 Å². The van der Waals surface area contributed by atoms with Crippen LogP contribution < -0.4 is 0 Å². The van der Waals surface area contributed by atoms with E-state index in [1.54, 1.807) is 12.1 Å². The van der Waals surface area contributed by atoms with Gasteiger partial charge in [0.15, 0.2) is 0 Å². The first-order valence-corrected chi connectivity index (χ1v) is 9.42. The van der Waals surface area contributed by atoms with Gasteiger partial charge in [-0.3, -0.25) is 0 Å². The van der Waals surface area contributed by atoms with Gasteiger partial charge < -0.3 is 20.4 Å². The van der Waals surface area contributed by atoms with Gasteiger partial charge in [-0.25, -0.2) is 0 Å². The molecule has 0 heterocycles. The van der Waals surface area contributed by atoms with E-state index in [0.717, 1.165) is 37.9 Å². The van der Waals surface area contributed by atoms with Crippen LogP contribution in [0.1, 0.15) is 40.6 Å². The number of aliphatic hydroxyl groups is 4. The topological polar surface area (TPSA) is 80.9 Å². The van der Waals surface area contributed by atoms with Crippen LogP contribution in [-0.2, 0) is 0 Å². The molecule has 2 aliphatic rings. The molecule has 28 heavy (non-hydrogen) atoms. The van der Waals surface area contributed by atoms with Crippen LogP contribution in [-0.4, -0.2) is 26.5 Å². The fourth-order valence-corrected chi connectivity index (χ4v) is 5.03. The van der Waals surface area contributed by atoms with Gasteiger partial charge in [0.05, 0.1) is 0 Å². The molecule has 0 aromatic heterocycles. The standard InChI is InChI=1S/C24H18O4/c25-18-9-8-14-16(22(18)26)10-17-21-19(14)12-5-2-1-4-11(12)13-6-3-7-15(20(13)21)23(27)24(17)28/h1-10,18,22-28H/t18-,22-,23+,24+/m1/s1. The van der Waals surface area contributed by atoms with E-state index in [1.165, 1.54) is 0 Å². The van der Waals surface area contributed by atoms with Gasteiger partial charge in [0.25, 0.3) is 0 Å². The molecule has 4 heteroatoms. The summed E-state index contributed by atoms with van der Waals surface area (Å²) < 4.78 is 0. The minimum atomic E-state index is -1.10. The summed E-state index contributed by atoms with van der Waals surface area (Å²) in [6, 6.07) is 15.6. The Morgan fingerprint density at radius 3 is 2.07 bits per heavy atom. The van der Waals surface area contributed by atoms with Gasteiger partial charge in [-0.15, -0.1) is 0 Å². The van der Waals surface area contributed by atoms with Crippen molar-refractivity contribution >= 4 is 38.4 Å². The molecule has 4 N–H and O–H groups in total. The predicted octanol–water partition coefficient (Wildman–Crippen LogP) is 3.65. The third kappa shape index (κ3) is 1.83. The molecule has 0 radical (unpaired) electrons. The molecule has 0 bridgehead atoms. The summed E-state index contributed by atoms with van der Waals surface area (Å²) in [5, 5.41) is 48.4. The van der Waals surface area contributed by atoms with Crippen LogP contribution in [0.5, 0.6) is 0 Å². The predicted molar refractivity (Wildman–Crippen MR) is 109 cm³/mol. The Bertz CT molecular complexity index is 1340. The second-order valence-electron chi connectivity index (χ2n) is 7.72. The quantitative estimate of drug-likeness (QED) is 0.356. The van der Waals surface area contributed by atoms with Gasteiger partial charge in [0.1, 0.15) is 24.4 Å². The van der Waals surface area contributed by atoms with Crippen LogP contribution in [0.25, 0.3) is 38.4 Å². The molecular weight excluding hydrogens is 352 g/mol. The van der Waals surface area contributed by atoms with E-state index in [1.807, 2.05) is 42.5 Å². The molecule has 0 spiro atoms. The summed E-state index contributed by atoms with van der Waals surface area (Å²) in [6.45, 7) is 0. The average molecular weight is 370 g/mol. The fraction of sp³-hybridized carbons (Fsp3) is 0.167. The Kier molecular flexibility index (Phi) is 3.13. The smallest absolute Gasteiger partial charge is 0.110 e. The Labute approximate surface area is 160 Å². The summed E-state index contributed by atoms with van der Waals surface area (Å²) in [5.74, 6) is 0. The van der Waals surface area contributed by atoms with Gasteiger partial charge in [0.2, 0.25) is 0 Å². The zero-order valence-electron chi connectivity index (χ0n) is 14.9. The van der Waals surface area contributed by atoms with Crippen molar-refractivity contribution in [2.45, 2.75) is 24.4 Å². The Balaban J connectivity index is 1.98. The maximum atomic E-state index is 10.9. The molecule has 2 aliphatic carbocycles. The first kappa shape index (κ1) is 16.2. The number of fused-ring (bicyclic) bond motifs is 5. The van der Waals surface area contributed by atoms with Crippen molar-refractivity contribution in [1.29, 1.82) is 0 Å².